The summed E-state index contributed by atoms with van der Waals surface area (Å²) in [7, 11) is 1.30. The molecule has 0 aliphatic heterocycles. The monoisotopic (exact) mass is 357 g/mol. The maximum atomic E-state index is 12.2. The molecule has 6 heteroatoms. The van der Waals surface area contributed by atoms with Gasteiger partial charge in [0.25, 0.3) is 5.91 Å². The minimum atomic E-state index is -0.450. The van der Waals surface area contributed by atoms with E-state index in [0.29, 0.717) is 5.75 Å². The van der Waals surface area contributed by atoms with E-state index in [1.807, 2.05) is 32.9 Å². The fourth-order valence-electron chi connectivity index (χ4n) is 1.71. The molecule has 1 amide bonds. The van der Waals surface area contributed by atoms with Crippen molar-refractivity contribution in [3.8, 4) is 5.75 Å². The molecular weight excluding hydrogens is 338 g/mol. The van der Waals surface area contributed by atoms with Gasteiger partial charge in [-0.2, -0.15) is 0 Å². The molecule has 0 N–H and O–H groups in total. The van der Waals surface area contributed by atoms with E-state index >= 15 is 0 Å². The molecular formula is C15H20BrNO4. The lowest BCUT2D eigenvalue weighted by Crippen LogP contribution is -2.43. The highest BCUT2D eigenvalue weighted by molar-refractivity contribution is 9.10. The van der Waals surface area contributed by atoms with Crippen LogP contribution in [-0.2, 0) is 14.3 Å². The Labute approximate surface area is 133 Å². The summed E-state index contributed by atoms with van der Waals surface area (Å²) in [4.78, 5) is 24.9. The number of hydrogen-bond acceptors (Lipinski definition) is 4. The highest BCUT2D eigenvalue weighted by Gasteiger charge is 2.21. The highest BCUT2D eigenvalue weighted by atomic mass is 79.9. The molecule has 0 saturated heterocycles. The zero-order chi connectivity index (χ0) is 16.0. The van der Waals surface area contributed by atoms with Crippen LogP contribution < -0.4 is 4.74 Å². The van der Waals surface area contributed by atoms with Gasteiger partial charge >= 0.3 is 5.97 Å². The van der Waals surface area contributed by atoms with Crippen molar-refractivity contribution in [1.82, 2.24) is 4.90 Å². The lowest BCUT2D eigenvalue weighted by atomic mass is 10.2. The van der Waals surface area contributed by atoms with Crippen LogP contribution in [0.4, 0.5) is 0 Å². The van der Waals surface area contributed by atoms with Crippen LogP contribution >= 0.6 is 15.9 Å². The molecule has 5 nitrogen and oxygen atoms in total. The second-order valence-corrected chi connectivity index (χ2v) is 5.77. The molecule has 0 spiro atoms. The number of aryl methyl sites for hydroxylation is 1. The van der Waals surface area contributed by atoms with E-state index in [1.165, 1.54) is 12.0 Å². The number of benzene rings is 1. The normalized spacial score (nSPS) is 10.4. The number of halogens is 1. The third-order valence-electron chi connectivity index (χ3n) is 2.91. The van der Waals surface area contributed by atoms with Crippen LogP contribution in [0.3, 0.4) is 0 Å². The van der Waals surface area contributed by atoms with Gasteiger partial charge in [0.15, 0.2) is 6.61 Å². The molecule has 0 aliphatic carbocycles. The van der Waals surface area contributed by atoms with Gasteiger partial charge in [-0.1, -0.05) is 6.07 Å². The Morgan fingerprint density at radius 1 is 1.33 bits per heavy atom. The number of carbonyl (C=O) groups excluding carboxylic acids is 2. The van der Waals surface area contributed by atoms with E-state index < -0.39 is 5.97 Å². The van der Waals surface area contributed by atoms with Crippen molar-refractivity contribution >= 4 is 27.8 Å². The number of nitrogens with zero attached hydrogens (tertiary/aromatic N) is 1. The minimum Gasteiger partial charge on any atom is -0.483 e. The Hall–Kier alpha value is -1.56. The van der Waals surface area contributed by atoms with Crippen LogP contribution in [0.1, 0.15) is 19.4 Å². The Balaban J connectivity index is 2.67. The van der Waals surface area contributed by atoms with Crippen LogP contribution in [-0.4, -0.2) is 43.1 Å². The molecule has 0 saturated carbocycles. The van der Waals surface area contributed by atoms with Crippen LogP contribution in [0.15, 0.2) is 22.7 Å². The van der Waals surface area contributed by atoms with Gasteiger partial charge in [-0.3, -0.25) is 9.59 Å². The molecule has 0 fully saturated rings. The standard InChI is InChI=1S/C15H20BrNO4/c1-10(2)17(8-15(19)20-4)14(18)9-21-13-6-5-11(3)7-12(13)16/h5-7,10H,8-9H2,1-4H3. The van der Waals surface area contributed by atoms with Crippen molar-refractivity contribution in [2.24, 2.45) is 0 Å². The van der Waals surface area contributed by atoms with E-state index in [2.05, 4.69) is 20.7 Å². The van der Waals surface area contributed by atoms with Gasteiger partial charge in [0, 0.05) is 6.04 Å². The van der Waals surface area contributed by atoms with Crippen molar-refractivity contribution in [2.75, 3.05) is 20.3 Å². The van der Waals surface area contributed by atoms with Crippen LogP contribution in [0.5, 0.6) is 5.75 Å². The van der Waals surface area contributed by atoms with E-state index in [4.69, 9.17) is 4.74 Å². The lowest BCUT2D eigenvalue weighted by molar-refractivity contribution is -0.149. The zero-order valence-corrected chi connectivity index (χ0v) is 14.3. The molecule has 0 radical (unpaired) electrons. The maximum absolute atomic E-state index is 12.2. The van der Waals surface area contributed by atoms with Gasteiger partial charge in [-0.15, -0.1) is 0 Å². The SMILES string of the molecule is COC(=O)CN(C(=O)COc1ccc(C)cc1Br)C(C)C. The molecule has 0 aliphatic rings. The second kappa shape index (κ2) is 8.02. The van der Waals surface area contributed by atoms with Crippen molar-refractivity contribution < 1.29 is 19.1 Å². The van der Waals surface area contributed by atoms with E-state index in [0.717, 1.165) is 10.0 Å². The second-order valence-electron chi connectivity index (χ2n) is 4.91. The fraction of sp³-hybridized carbons (Fsp3) is 0.467. The van der Waals surface area contributed by atoms with Gasteiger partial charge in [-0.05, 0) is 54.4 Å². The number of ether oxygens (including phenoxy) is 2. The molecule has 1 aromatic carbocycles. The number of rotatable bonds is 6. The van der Waals surface area contributed by atoms with Crippen molar-refractivity contribution in [2.45, 2.75) is 26.8 Å². The van der Waals surface area contributed by atoms with E-state index in [9.17, 15) is 9.59 Å². The first-order chi connectivity index (χ1) is 9.85. The van der Waals surface area contributed by atoms with Crippen molar-refractivity contribution in [1.29, 1.82) is 0 Å². The van der Waals surface area contributed by atoms with Crippen molar-refractivity contribution in [3.05, 3.63) is 28.2 Å². The average molecular weight is 358 g/mol. The van der Waals surface area contributed by atoms with E-state index in [1.54, 1.807) is 6.07 Å². The van der Waals surface area contributed by atoms with Gasteiger partial charge in [0.05, 0.1) is 11.6 Å². The Kier molecular flexibility index (Phi) is 6.68. The first-order valence-electron chi connectivity index (χ1n) is 6.60. The predicted octanol–water partition coefficient (Wildman–Crippen LogP) is 2.55. The molecule has 1 aromatic rings. The van der Waals surface area contributed by atoms with Gasteiger partial charge < -0.3 is 14.4 Å². The summed E-state index contributed by atoms with van der Waals surface area (Å²) in [5, 5.41) is 0. The largest absolute Gasteiger partial charge is 0.483 e. The molecule has 0 heterocycles. The predicted molar refractivity (Wildman–Crippen MR) is 83.2 cm³/mol. The summed E-state index contributed by atoms with van der Waals surface area (Å²) in [5.41, 5.74) is 1.09. The number of methoxy groups -OCH3 is 1. The van der Waals surface area contributed by atoms with Gasteiger partial charge in [-0.25, -0.2) is 0 Å². The quantitative estimate of drug-likeness (QED) is 0.734. The zero-order valence-electron chi connectivity index (χ0n) is 12.7. The van der Waals surface area contributed by atoms with Crippen LogP contribution in [0.25, 0.3) is 0 Å². The number of carbonyl (C=O) groups is 2. The lowest BCUT2D eigenvalue weighted by Gasteiger charge is -2.25. The van der Waals surface area contributed by atoms with Gasteiger partial charge in [0.1, 0.15) is 12.3 Å². The summed E-state index contributed by atoms with van der Waals surface area (Å²) in [6.07, 6.45) is 0. The van der Waals surface area contributed by atoms with Crippen LogP contribution in [0, 0.1) is 6.92 Å². The first-order valence-corrected chi connectivity index (χ1v) is 7.39. The number of esters is 1. The van der Waals surface area contributed by atoms with Gasteiger partial charge in [0.2, 0.25) is 0 Å². The minimum absolute atomic E-state index is 0.0779. The molecule has 1 rings (SSSR count). The molecule has 0 bridgehead atoms. The average Bonchev–Trinajstić information content (AvgIpc) is 2.42. The summed E-state index contributed by atoms with van der Waals surface area (Å²) >= 11 is 3.39. The summed E-state index contributed by atoms with van der Waals surface area (Å²) in [6, 6.07) is 5.50. The molecule has 21 heavy (non-hydrogen) atoms. The Bertz CT molecular complexity index is 516. The summed E-state index contributed by atoms with van der Waals surface area (Å²) in [6.45, 7) is 5.43. The fourth-order valence-corrected chi connectivity index (χ4v) is 2.32. The topological polar surface area (TPSA) is 55.8 Å². The molecule has 0 unspecified atom stereocenters. The summed E-state index contributed by atoms with van der Waals surface area (Å²) in [5.74, 6) is -0.118. The third kappa shape index (κ3) is 5.38. The smallest absolute Gasteiger partial charge is 0.325 e. The maximum Gasteiger partial charge on any atom is 0.325 e. The Morgan fingerprint density at radius 3 is 2.52 bits per heavy atom. The highest BCUT2D eigenvalue weighted by Crippen LogP contribution is 2.25. The van der Waals surface area contributed by atoms with Crippen molar-refractivity contribution in [3.63, 3.8) is 0 Å². The first kappa shape index (κ1) is 17.5. The summed E-state index contributed by atoms with van der Waals surface area (Å²) < 4.78 is 10.9. The third-order valence-corrected chi connectivity index (χ3v) is 3.53. The molecule has 0 aromatic heterocycles. The number of amides is 1. The molecule has 0 atom stereocenters. The molecule has 116 valence electrons. The van der Waals surface area contributed by atoms with E-state index in [-0.39, 0.29) is 25.1 Å². The number of hydrogen-bond donors (Lipinski definition) is 0. The van der Waals surface area contributed by atoms with Crippen LogP contribution in [0.2, 0.25) is 0 Å². The Morgan fingerprint density at radius 2 is 2.00 bits per heavy atom.